The molecule has 0 saturated heterocycles. The maximum Gasteiger partial charge on any atom is 0.0216 e. The Balaban J connectivity index is 1.87. The first-order valence-corrected chi connectivity index (χ1v) is 8.02. The fourth-order valence-corrected chi connectivity index (χ4v) is 4.52. The molecular weight excluding hydrogens is 244 g/mol. The Hall–Kier alpha value is -0.670. The standard InChI is InChI=1S/C15H20O2S/c16-18(17)13-5-3-9-15(11-8-13)10-7-12-4-1-2-6-14(12)15/h1-2,4,6,13H,3,5,7-11H2,(H,16,17)/p-1. The summed E-state index contributed by atoms with van der Waals surface area (Å²) in [4.78, 5) is 0. The molecule has 98 valence electrons. The summed E-state index contributed by atoms with van der Waals surface area (Å²) in [5, 5.41) is -0.114. The molecule has 1 fully saturated rings. The molecule has 1 aromatic carbocycles. The van der Waals surface area contributed by atoms with E-state index in [-0.39, 0.29) is 10.7 Å². The Morgan fingerprint density at radius 1 is 1.17 bits per heavy atom. The second-order valence-corrected chi connectivity index (χ2v) is 6.94. The Labute approximate surface area is 111 Å². The average molecular weight is 263 g/mol. The maximum absolute atomic E-state index is 11.2. The van der Waals surface area contributed by atoms with Gasteiger partial charge < -0.3 is 4.55 Å². The van der Waals surface area contributed by atoms with Crippen molar-refractivity contribution in [3.63, 3.8) is 0 Å². The molecular formula is C15H19O2S-. The third-order valence-electron chi connectivity index (χ3n) is 4.86. The molecule has 2 aliphatic carbocycles. The Morgan fingerprint density at radius 2 is 2.00 bits per heavy atom. The van der Waals surface area contributed by atoms with Crippen molar-refractivity contribution in [2.24, 2.45) is 0 Å². The van der Waals surface area contributed by atoms with Crippen molar-refractivity contribution < 1.29 is 8.76 Å². The molecule has 18 heavy (non-hydrogen) atoms. The molecule has 0 heterocycles. The largest absolute Gasteiger partial charge is 0.772 e. The van der Waals surface area contributed by atoms with Crippen LogP contribution in [0.5, 0.6) is 0 Å². The fraction of sp³-hybridized carbons (Fsp3) is 0.600. The lowest BCUT2D eigenvalue weighted by Gasteiger charge is -2.29. The molecule has 3 heteroatoms. The predicted molar refractivity (Wildman–Crippen MR) is 72.2 cm³/mol. The van der Waals surface area contributed by atoms with Crippen molar-refractivity contribution >= 4 is 11.1 Å². The monoisotopic (exact) mass is 263 g/mol. The lowest BCUT2D eigenvalue weighted by molar-refractivity contribution is 0.369. The number of rotatable bonds is 1. The number of hydrogen-bond acceptors (Lipinski definition) is 2. The minimum absolute atomic E-state index is 0.114. The maximum atomic E-state index is 11.2. The molecule has 0 aromatic heterocycles. The van der Waals surface area contributed by atoms with Crippen LogP contribution >= 0.6 is 0 Å². The smallest absolute Gasteiger partial charge is 0.0216 e. The summed E-state index contributed by atoms with van der Waals surface area (Å²) in [6.07, 6.45) is 7.32. The molecule has 3 rings (SSSR count). The second kappa shape index (κ2) is 4.78. The van der Waals surface area contributed by atoms with E-state index >= 15 is 0 Å². The molecule has 1 aromatic rings. The van der Waals surface area contributed by atoms with Gasteiger partial charge in [0.05, 0.1) is 0 Å². The third kappa shape index (κ3) is 2.04. The van der Waals surface area contributed by atoms with E-state index in [4.69, 9.17) is 0 Å². The van der Waals surface area contributed by atoms with Crippen LogP contribution in [0.3, 0.4) is 0 Å². The van der Waals surface area contributed by atoms with Crippen LogP contribution in [-0.2, 0) is 22.9 Å². The van der Waals surface area contributed by atoms with Crippen LogP contribution < -0.4 is 0 Å². The van der Waals surface area contributed by atoms with Crippen molar-refractivity contribution in [2.45, 2.75) is 55.6 Å². The molecule has 3 unspecified atom stereocenters. The predicted octanol–water partition coefficient (Wildman–Crippen LogP) is 3.08. The van der Waals surface area contributed by atoms with E-state index in [1.165, 1.54) is 24.0 Å². The Morgan fingerprint density at radius 3 is 2.83 bits per heavy atom. The van der Waals surface area contributed by atoms with Gasteiger partial charge >= 0.3 is 0 Å². The van der Waals surface area contributed by atoms with Crippen LogP contribution in [0.1, 0.15) is 49.7 Å². The lowest BCUT2D eigenvalue weighted by Crippen LogP contribution is -2.22. The van der Waals surface area contributed by atoms with Gasteiger partial charge in [-0.3, -0.25) is 4.21 Å². The molecule has 1 saturated carbocycles. The van der Waals surface area contributed by atoms with Crippen molar-refractivity contribution in [3.8, 4) is 0 Å². The van der Waals surface area contributed by atoms with Gasteiger partial charge in [0, 0.05) is 5.25 Å². The zero-order valence-electron chi connectivity index (χ0n) is 10.6. The first-order chi connectivity index (χ1) is 8.71. The quantitative estimate of drug-likeness (QED) is 0.730. The second-order valence-electron chi connectivity index (χ2n) is 5.75. The van der Waals surface area contributed by atoms with E-state index < -0.39 is 11.1 Å². The van der Waals surface area contributed by atoms with Gasteiger partial charge in [-0.2, -0.15) is 0 Å². The van der Waals surface area contributed by atoms with E-state index in [0.29, 0.717) is 0 Å². The fourth-order valence-electron chi connectivity index (χ4n) is 3.85. The highest BCUT2D eigenvalue weighted by Gasteiger charge is 2.39. The molecule has 3 atom stereocenters. The highest BCUT2D eigenvalue weighted by atomic mass is 32.2. The van der Waals surface area contributed by atoms with Gasteiger partial charge in [-0.05, 0) is 55.1 Å². The summed E-state index contributed by atoms with van der Waals surface area (Å²) in [5.41, 5.74) is 3.27. The zero-order chi connectivity index (χ0) is 12.6. The van der Waals surface area contributed by atoms with E-state index in [0.717, 1.165) is 32.1 Å². The highest BCUT2D eigenvalue weighted by Crippen LogP contribution is 2.48. The molecule has 0 bridgehead atoms. The Bertz CT molecular complexity index is 471. The first-order valence-electron chi connectivity index (χ1n) is 6.88. The van der Waals surface area contributed by atoms with Gasteiger partial charge in [0.15, 0.2) is 0 Å². The SMILES string of the molecule is O=S([O-])C1CCCC2(CCc3ccccc32)CC1. The first kappa shape index (κ1) is 12.4. The Kier molecular flexibility index (Phi) is 3.29. The molecule has 0 aliphatic heterocycles. The van der Waals surface area contributed by atoms with Crippen molar-refractivity contribution in [2.75, 3.05) is 0 Å². The topological polar surface area (TPSA) is 40.1 Å². The zero-order valence-corrected chi connectivity index (χ0v) is 11.4. The summed E-state index contributed by atoms with van der Waals surface area (Å²) >= 11 is -1.89. The van der Waals surface area contributed by atoms with Gasteiger partial charge in [0.1, 0.15) is 0 Å². The third-order valence-corrected chi connectivity index (χ3v) is 5.88. The van der Waals surface area contributed by atoms with Crippen molar-refractivity contribution in [1.82, 2.24) is 0 Å². The summed E-state index contributed by atoms with van der Waals surface area (Å²) < 4.78 is 22.3. The summed E-state index contributed by atoms with van der Waals surface area (Å²) in [5.74, 6) is 0. The van der Waals surface area contributed by atoms with Crippen LogP contribution in [0.25, 0.3) is 0 Å². The van der Waals surface area contributed by atoms with E-state index in [1.54, 1.807) is 0 Å². The normalized spacial score (nSPS) is 33.1. The number of benzene rings is 1. The van der Waals surface area contributed by atoms with Crippen LogP contribution in [0.4, 0.5) is 0 Å². The van der Waals surface area contributed by atoms with Crippen molar-refractivity contribution in [1.29, 1.82) is 0 Å². The van der Waals surface area contributed by atoms with Gasteiger partial charge in [-0.15, -0.1) is 0 Å². The van der Waals surface area contributed by atoms with Gasteiger partial charge in [-0.1, -0.05) is 41.8 Å². The molecule has 0 radical (unpaired) electrons. The van der Waals surface area contributed by atoms with Crippen LogP contribution in [-0.4, -0.2) is 14.0 Å². The van der Waals surface area contributed by atoms with Crippen LogP contribution in [0.15, 0.2) is 24.3 Å². The van der Waals surface area contributed by atoms with Crippen LogP contribution in [0.2, 0.25) is 0 Å². The molecule has 2 nitrogen and oxygen atoms in total. The summed E-state index contributed by atoms with van der Waals surface area (Å²) in [6, 6.07) is 8.74. The molecule has 0 amide bonds. The molecule has 0 N–H and O–H groups in total. The minimum Gasteiger partial charge on any atom is -0.772 e. The minimum atomic E-state index is -1.89. The van der Waals surface area contributed by atoms with E-state index in [2.05, 4.69) is 24.3 Å². The molecule has 2 aliphatic rings. The van der Waals surface area contributed by atoms with Crippen LogP contribution in [0, 0.1) is 0 Å². The number of aryl methyl sites for hydroxylation is 1. The van der Waals surface area contributed by atoms with Crippen molar-refractivity contribution in [3.05, 3.63) is 35.4 Å². The highest BCUT2D eigenvalue weighted by molar-refractivity contribution is 7.79. The van der Waals surface area contributed by atoms with E-state index in [9.17, 15) is 8.76 Å². The van der Waals surface area contributed by atoms with Gasteiger partial charge in [-0.25, -0.2) is 0 Å². The summed E-state index contributed by atoms with van der Waals surface area (Å²) in [7, 11) is 0. The number of hydrogen-bond donors (Lipinski definition) is 0. The average Bonchev–Trinajstić information content (AvgIpc) is 2.58. The summed E-state index contributed by atoms with van der Waals surface area (Å²) in [6.45, 7) is 0. The molecule has 1 spiro atoms. The van der Waals surface area contributed by atoms with Gasteiger partial charge in [0.2, 0.25) is 0 Å². The van der Waals surface area contributed by atoms with E-state index in [1.807, 2.05) is 0 Å². The van der Waals surface area contributed by atoms with Gasteiger partial charge in [0.25, 0.3) is 0 Å². The number of fused-ring (bicyclic) bond motifs is 2. The lowest BCUT2D eigenvalue weighted by atomic mass is 9.75.